The summed E-state index contributed by atoms with van der Waals surface area (Å²) < 4.78 is 0. The highest BCUT2D eigenvalue weighted by Gasteiger charge is 2.05. The van der Waals surface area contributed by atoms with Crippen molar-refractivity contribution in [3.05, 3.63) is 60.7 Å². The molecule has 4 aromatic rings. The Morgan fingerprint density at radius 1 is 0.773 bits per heavy atom. The van der Waals surface area contributed by atoms with Crippen LogP contribution in [0.15, 0.2) is 60.7 Å². The number of carbonyl (C=O) groups is 1. The smallest absolute Gasteiger partial charge is 0.221 e. The van der Waals surface area contributed by atoms with Gasteiger partial charge in [-0.2, -0.15) is 0 Å². The molecule has 0 aromatic heterocycles. The van der Waals surface area contributed by atoms with Gasteiger partial charge in [0, 0.05) is 6.42 Å². The lowest BCUT2D eigenvalue weighted by molar-refractivity contribution is -0.111. The van der Waals surface area contributed by atoms with Crippen LogP contribution in [0.25, 0.3) is 32.3 Å². The highest BCUT2D eigenvalue weighted by atomic mass is 35.5. The van der Waals surface area contributed by atoms with E-state index in [1.807, 2.05) is 6.92 Å². The van der Waals surface area contributed by atoms with E-state index < -0.39 is 0 Å². The van der Waals surface area contributed by atoms with E-state index in [0.717, 1.165) is 6.42 Å². The summed E-state index contributed by atoms with van der Waals surface area (Å²) >= 11 is 4.94. The molecule has 4 rings (SSSR count). The lowest BCUT2D eigenvalue weighted by atomic mass is 9.95. The van der Waals surface area contributed by atoms with Gasteiger partial charge in [-0.05, 0) is 50.3 Å². The molecular weight excluding hydrogens is 292 g/mol. The van der Waals surface area contributed by atoms with Crippen LogP contribution in [0, 0.1) is 0 Å². The Labute approximate surface area is 134 Å². The molecular formula is C20H17ClO. The van der Waals surface area contributed by atoms with E-state index in [-0.39, 0.29) is 5.24 Å². The molecule has 0 aliphatic heterocycles. The minimum Gasteiger partial charge on any atom is -0.281 e. The number of hydrogen-bond donors (Lipinski definition) is 0. The van der Waals surface area contributed by atoms with Gasteiger partial charge in [-0.1, -0.05) is 67.6 Å². The van der Waals surface area contributed by atoms with Gasteiger partial charge in [0.25, 0.3) is 0 Å². The number of carbonyl (C=O) groups excluding carboxylic acids is 1. The largest absolute Gasteiger partial charge is 0.281 e. The maximum absolute atomic E-state index is 9.81. The second-order valence-electron chi connectivity index (χ2n) is 5.39. The molecule has 1 nitrogen and oxygen atoms in total. The predicted molar refractivity (Wildman–Crippen MR) is 95.9 cm³/mol. The minimum atomic E-state index is -0.238. The Balaban J connectivity index is 0.000000209. The molecule has 4 aromatic carbocycles. The standard InChI is InChI=1S/C16H10.C4H7ClO/c1-3-11-7-9-13-5-2-6-14-10-8-12(4-1)15(11)16(13)14;1-2-3-4(5)6/h1-10H;2-3H2,1H3. The topological polar surface area (TPSA) is 17.1 Å². The van der Waals surface area contributed by atoms with Crippen molar-refractivity contribution in [1.29, 1.82) is 0 Å². The first-order valence-corrected chi connectivity index (χ1v) is 7.89. The third-order valence-corrected chi connectivity index (χ3v) is 4.03. The van der Waals surface area contributed by atoms with Crippen LogP contribution in [-0.2, 0) is 4.79 Å². The Kier molecular flexibility index (Phi) is 4.26. The summed E-state index contributed by atoms with van der Waals surface area (Å²) in [4.78, 5) is 9.81. The lowest BCUT2D eigenvalue weighted by Crippen LogP contribution is -1.82. The first-order valence-electron chi connectivity index (χ1n) is 7.51. The van der Waals surface area contributed by atoms with E-state index in [0.29, 0.717) is 6.42 Å². The fourth-order valence-electron chi connectivity index (χ4n) is 2.87. The quantitative estimate of drug-likeness (QED) is 0.321. The molecule has 0 fully saturated rings. The Morgan fingerprint density at radius 3 is 1.36 bits per heavy atom. The first kappa shape index (κ1) is 14.8. The third kappa shape index (κ3) is 2.77. The molecule has 2 heteroatoms. The number of rotatable bonds is 2. The molecule has 0 saturated carbocycles. The van der Waals surface area contributed by atoms with Crippen LogP contribution < -0.4 is 0 Å². The second kappa shape index (κ2) is 6.33. The molecule has 110 valence electrons. The average molecular weight is 309 g/mol. The molecule has 22 heavy (non-hydrogen) atoms. The van der Waals surface area contributed by atoms with E-state index in [2.05, 4.69) is 60.7 Å². The molecule has 0 unspecified atom stereocenters. The van der Waals surface area contributed by atoms with Crippen molar-refractivity contribution in [2.45, 2.75) is 19.8 Å². The maximum Gasteiger partial charge on any atom is 0.221 e. The molecule has 0 radical (unpaired) electrons. The van der Waals surface area contributed by atoms with Gasteiger partial charge in [0.1, 0.15) is 0 Å². The molecule has 0 N–H and O–H groups in total. The molecule has 0 aliphatic rings. The van der Waals surface area contributed by atoms with Crippen molar-refractivity contribution in [1.82, 2.24) is 0 Å². The molecule has 0 bridgehead atoms. The zero-order valence-corrected chi connectivity index (χ0v) is 13.2. The van der Waals surface area contributed by atoms with E-state index in [4.69, 9.17) is 11.6 Å². The fourth-order valence-corrected chi connectivity index (χ4v) is 3.06. The Hall–Kier alpha value is -2.12. The van der Waals surface area contributed by atoms with Gasteiger partial charge in [-0.25, -0.2) is 0 Å². The van der Waals surface area contributed by atoms with Crippen LogP contribution in [0.1, 0.15) is 19.8 Å². The van der Waals surface area contributed by atoms with Gasteiger partial charge in [-0.3, -0.25) is 4.79 Å². The summed E-state index contributed by atoms with van der Waals surface area (Å²) in [5.74, 6) is 0. The van der Waals surface area contributed by atoms with E-state index in [1.54, 1.807) is 0 Å². The van der Waals surface area contributed by atoms with E-state index in [9.17, 15) is 4.79 Å². The zero-order valence-electron chi connectivity index (χ0n) is 12.5. The molecule has 0 atom stereocenters. The van der Waals surface area contributed by atoms with E-state index >= 15 is 0 Å². The SMILES string of the molecule is CCCC(=O)Cl.c1cc2ccc3cccc4ccc(c1)c2c34. The van der Waals surface area contributed by atoms with Crippen molar-refractivity contribution >= 4 is 49.2 Å². The maximum atomic E-state index is 9.81. The van der Waals surface area contributed by atoms with Gasteiger partial charge < -0.3 is 0 Å². The summed E-state index contributed by atoms with van der Waals surface area (Å²) in [6.45, 7) is 1.92. The van der Waals surface area contributed by atoms with Crippen molar-refractivity contribution in [2.24, 2.45) is 0 Å². The summed E-state index contributed by atoms with van der Waals surface area (Å²) in [7, 11) is 0. The van der Waals surface area contributed by atoms with Crippen molar-refractivity contribution in [2.75, 3.05) is 0 Å². The van der Waals surface area contributed by atoms with Gasteiger partial charge in [0.15, 0.2) is 0 Å². The van der Waals surface area contributed by atoms with Crippen molar-refractivity contribution < 1.29 is 4.79 Å². The summed E-state index contributed by atoms with van der Waals surface area (Å²) in [6, 6.07) is 21.9. The van der Waals surface area contributed by atoms with Gasteiger partial charge in [-0.15, -0.1) is 0 Å². The van der Waals surface area contributed by atoms with Gasteiger partial charge in [0.2, 0.25) is 5.24 Å². The summed E-state index contributed by atoms with van der Waals surface area (Å²) in [5, 5.41) is 7.90. The fraction of sp³-hybridized carbons (Fsp3) is 0.150. The van der Waals surface area contributed by atoms with Crippen LogP contribution in [-0.4, -0.2) is 5.24 Å². The summed E-state index contributed by atoms with van der Waals surface area (Å²) in [6.07, 6.45) is 1.35. The lowest BCUT2D eigenvalue weighted by Gasteiger charge is -2.09. The average Bonchev–Trinajstić information content (AvgIpc) is 2.53. The molecule has 0 heterocycles. The van der Waals surface area contributed by atoms with Crippen LogP contribution in [0.2, 0.25) is 0 Å². The first-order chi connectivity index (χ1) is 10.7. The van der Waals surface area contributed by atoms with Gasteiger partial charge >= 0.3 is 0 Å². The molecule has 0 spiro atoms. The molecule has 0 saturated heterocycles. The van der Waals surface area contributed by atoms with Crippen LogP contribution in [0.5, 0.6) is 0 Å². The van der Waals surface area contributed by atoms with Crippen molar-refractivity contribution in [3.63, 3.8) is 0 Å². The predicted octanol–water partition coefficient (Wildman–Crippen LogP) is 6.14. The van der Waals surface area contributed by atoms with Crippen LogP contribution in [0.4, 0.5) is 0 Å². The summed E-state index contributed by atoms with van der Waals surface area (Å²) in [5.41, 5.74) is 0. The monoisotopic (exact) mass is 308 g/mol. The van der Waals surface area contributed by atoms with Gasteiger partial charge in [0.05, 0.1) is 0 Å². The van der Waals surface area contributed by atoms with E-state index in [1.165, 1.54) is 32.3 Å². The molecule has 0 aliphatic carbocycles. The number of benzene rings is 4. The number of halogens is 1. The molecule has 0 amide bonds. The van der Waals surface area contributed by atoms with Crippen LogP contribution in [0.3, 0.4) is 0 Å². The highest BCUT2D eigenvalue weighted by molar-refractivity contribution is 6.63. The normalized spacial score (nSPS) is 10.8. The highest BCUT2D eigenvalue weighted by Crippen LogP contribution is 2.33. The Bertz CT molecular complexity index is 797. The zero-order chi connectivity index (χ0) is 15.5. The number of hydrogen-bond acceptors (Lipinski definition) is 1. The minimum absolute atomic E-state index is 0.238. The Morgan fingerprint density at radius 2 is 1.14 bits per heavy atom. The van der Waals surface area contributed by atoms with Crippen molar-refractivity contribution in [3.8, 4) is 0 Å². The van der Waals surface area contributed by atoms with Crippen LogP contribution >= 0.6 is 11.6 Å². The second-order valence-corrected chi connectivity index (χ2v) is 5.82. The third-order valence-electron chi connectivity index (χ3n) is 3.84.